The molecule has 0 radical (unpaired) electrons. The summed E-state index contributed by atoms with van der Waals surface area (Å²) < 4.78 is 5.18. The van der Waals surface area contributed by atoms with Crippen molar-refractivity contribution in [1.82, 2.24) is 10.2 Å². The van der Waals surface area contributed by atoms with Gasteiger partial charge in [0.25, 0.3) is 0 Å². The van der Waals surface area contributed by atoms with Crippen LogP contribution in [0.15, 0.2) is 0 Å². The number of carboxylic acid groups (broad SMARTS) is 1. The number of nitrogens with zero attached hydrogens (tertiary/aromatic N) is 1. The highest BCUT2D eigenvalue weighted by molar-refractivity contribution is 5.87. The zero-order valence-electron chi connectivity index (χ0n) is 14.8. The molecule has 0 spiro atoms. The highest BCUT2D eigenvalue weighted by atomic mass is 16.5. The van der Waals surface area contributed by atoms with Crippen molar-refractivity contribution in [2.45, 2.75) is 64.3 Å². The number of nitrogens with one attached hydrogen (secondary N) is 1. The Morgan fingerprint density at radius 2 is 1.67 bits per heavy atom. The minimum absolute atomic E-state index is 0.0607. The number of amides is 2. The third-order valence-corrected chi connectivity index (χ3v) is 4.27. The standard InChI is InChI=1S/C17H30N2O5/c1-3-10-19(11-4-2)15(21)7-5-6-14(20)18-17(16(22)23)8-12-24-13-9-17/h3-13H2,1-2H3,(H,18,20)(H,22,23). The number of hydrogen-bond donors (Lipinski definition) is 2. The van der Waals surface area contributed by atoms with E-state index >= 15 is 0 Å². The molecule has 0 aromatic carbocycles. The van der Waals surface area contributed by atoms with Gasteiger partial charge in [-0.3, -0.25) is 9.59 Å². The lowest BCUT2D eigenvalue weighted by atomic mass is 9.90. The van der Waals surface area contributed by atoms with E-state index in [4.69, 9.17) is 4.74 Å². The maximum absolute atomic E-state index is 12.1. The molecule has 0 aromatic heterocycles. The molecule has 0 bridgehead atoms. The average Bonchev–Trinajstić information content (AvgIpc) is 2.55. The molecule has 0 aliphatic carbocycles. The Morgan fingerprint density at radius 3 is 2.17 bits per heavy atom. The van der Waals surface area contributed by atoms with Gasteiger partial charge in [-0.05, 0) is 19.3 Å². The minimum Gasteiger partial charge on any atom is -0.480 e. The van der Waals surface area contributed by atoms with E-state index in [1.807, 2.05) is 18.7 Å². The highest BCUT2D eigenvalue weighted by Gasteiger charge is 2.41. The van der Waals surface area contributed by atoms with Gasteiger partial charge in [0, 0.05) is 52.0 Å². The molecule has 1 aliphatic rings. The molecule has 1 aliphatic heterocycles. The summed E-state index contributed by atoms with van der Waals surface area (Å²) in [7, 11) is 0. The van der Waals surface area contributed by atoms with Crippen LogP contribution in [0.2, 0.25) is 0 Å². The molecule has 1 saturated heterocycles. The SMILES string of the molecule is CCCN(CCC)C(=O)CCCC(=O)NC1(C(=O)O)CCOCC1. The van der Waals surface area contributed by atoms with E-state index in [1.54, 1.807) is 0 Å². The zero-order valence-corrected chi connectivity index (χ0v) is 14.8. The molecular weight excluding hydrogens is 312 g/mol. The maximum atomic E-state index is 12.1. The van der Waals surface area contributed by atoms with Crippen LogP contribution < -0.4 is 5.32 Å². The second-order valence-electron chi connectivity index (χ2n) is 6.28. The highest BCUT2D eigenvalue weighted by Crippen LogP contribution is 2.21. The van der Waals surface area contributed by atoms with Gasteiger partial charge < -0.3 is 20.1 Å². The first-order valence-corrected chi connectivity index (χ1v) is 8.85. The van der Waals surface area contributed by atoms with Gasteiger partial charge in [0.15, 0.2) is 0 Å². The first kappa shape index (κ1) is 20.4. The van der Waals surface area contributed by atoms with Gasteiger partial charge >= 0.3 is 5.97 Å². The van der Waals surface area contributed by atoms with Crippen molar-refractivity contribution in [1.29, 1.82) is 0 Å². The Balaban J connectivity index is 2.42. The minimum atomic E-state index is -1.23. The molecule has 24 heavy (non-hydrogen) atoms. The van der Waals surface area contributed by atoms with Crippen molar-refractivity contribution in [3.63, 3.8) is 0 Å². The summed E-state index contributed by atoms with van der Waals surface area (Å²) in [6.45, 7) is 6.19. The number of rotatable bonds is 10. The second-order valence-corrected chi connectivity index (χ2v) is 6.28. The van der Waals surface area contributed by atoms with E-state index < -0.39 is 11.5 Å². The van der Waals surface area contributed by atoms with Gasteiger partial charge in [-0.15, -0.1) is 0 Å². The molecule has 7 nitrogen and oxygen atoms in total. The van der Waals surface area contributed by atoms with Gasteiger partial charge in [-0.2, -0.15) is 0 Å². The molecule has 2 N–H and O–H groups in total. The third kappa shape index (κ3) is 6.11. The summed E-state index contributed by atoms with van der Waals surface area (Å²) >= 11 is 0. The summed E-state index contributed by atoms with van der Waals surface area (Å²) in [4.78, 5) is 37.6. The molecule has 0 unspecified atom stereocenters. The normalized spacial score (nSPS) is 16.4. The fourth-order valence-corrected chi connectivity index (χ4v) is 2.90. The van der Waals surface area contributed by atoms with E-state index in [0.717, 1.165) is 25.9 Å². The van der Waals surface area contributed by atoms with E-state index in [2.05, 4.69) is 5.32 Å². The number of aliphatic carboxylic acids is 1. The number of carbonyl (C=O) groups excluding carboxylic acids is 2. The first-order chi connectivity index (χ1) is 11.4. The summed E-state index contributed by atoms with van der Waals surface area (Å²) in [5.41, 5.74) is -1.23. The Morgan fingerprint density at radius 1 is 1.08 bits per heavy atom. The van der Waals surface area contributed by atoms with Crippen molar-refractivity contribution >= 4 is 17.8 Å². The summed E-state index contributed by atoms with van der Waals surface area (Å²) in [5, 5.41) is 12.1. The molecular formula is C17H30N2O5. The lowest BCUT2D eigenvalue weighted by Gasteiger charge is -2.33. The van der Waals surface area contributed by atoms with Crippen LogP contribution in [0.25, 0.3) is 0 Å². The second kappa shape index (κ2) is 10.3. The predicted molar refractivity (Wildman–Crippen MR) is 89.6 cm³/mol. The first-order valence-electron chi connectivity index (χ1n) is 8.85. The molecule has 0 atom stereocenters. The fraction of sp³-hybridized carbons (Fsp3) is 0.824. The summed E-state index contributed by atoms with van der Waals surface area (Å²) in [6, 6.07) is 0. The third-order valence-electron chi connectivity index (χ3n) is 4.27. The van der Waals surface area contributed by atoms with E-state index in [0.29, 0.717) is 26.1 Å². The van der Waals surface area contributed by atoms with Crippen molar-refractivity contribution in [2.24, 2.45) is 0 Å². The Bertz CT molecular complexity index is 427. The molecule has 0 aromatic rings. The van der Waals surface area contributed by atoms with Crippen LogP contribution in [0.4, 0.5) is 0 Å². The van der Waals surface area contributed by atoms with Gasteiger partial charge in [0.05, 0.1) is 0 Å². The smallest absolute Gasteiger partial charge is 0.329 e. The van der Waals surface area contributed by atoms with Crippen LogP contribution in [0.5, 0.6) is 0 Å². The summed E-state index contributed by atoms with van der Waals surface area (Å²) in [6.07, 6.45) is 3.28. The number of ether oxygens (including phenoxy) is 1. The lowest BCUT2D eigenvalue weighted by molar-refractivity contribution is -0.152. The van der Waals surface area contributed by atoms with Crippen molar-refractivity contribution in [3.05, 3.63) is 0 Å². The van der Waals surface area contributed by atoms with Crippen LogP contribution in [-0.4, -0.2) is 59.6 Å². The van der Waals surface area contributed by atoms with Crippen LogP contribution >= 0.6 is 0 Å². The summed E-state index contributed by atoms with van der Waals surface area (Å²) in [5.74, 6) is -1.28. The quantitative estimate of drug-likeness (QED) is 0.628. The van der Waals surface area contributed by atoms with Gasteiger partial charge in [-0.25, -0.2) is 4.79 Å². The van der Waals surface area contributed by atoms with Crippen LogP contribution in [0, 0.1) is 0 Å². The predicted octanol–water partition coefficient (Wildman–Crippen LogP) is 1.56. The van der Waals surface area contributed by atoms with E-state index in [1.165, 1.54) is 0 Å². The van der Waals surface area contributed by atoms with Crippen LogP contribution in [0.1, 0.15) is 58.8 Å². The van der Waals surface area contributed by atoms with Crippen LogP contribution in [0.3, 0.4) is 0 Å². The fourth-order valence-electron chi connectivity index (χ4n) is 2.90. The van der Waals surface area contributed by atoms with Gasteiger partial charge in [0.2, 0.25) is 11.8 Å². The van der Waals surface area contributed by atoms with E-state index in [-0.39, 0.29) is 31.1 Å². The monoisotopic (exact) mass is 342 g/mol. The molecule has 1 heterocycles. The molecule has 0 saturated carbocycles. The number of hydrogen-bond acceptors (Lipinski definition) is 4. The zero-order chi connectivity index (χ0) is 18.0. The molecule has 138 valence electrons. The molecule has 1 rings (SSSR count). The maximum Gasteiger partial charge on any atom is 0.329 e. The molecule has 1 fully saturated rings. The number of carboxylic acids is 1. The topological polar surface area (TPSA) is 95.9 Å². The van der Waals surface area contributed by atoms with Gasteiger partial charge in [-0.1, -0.05) is 13.8 Å². The Labute approximate surface area is 143 Å². The van der Waals surface area contributed by atoms with Gasteiger partial charge in [0.1, 0.15) is 5.54 Å². The van der Waals surface area contributed by atoms with Crippen molar-refractivity contribution in [3.8, 4) is 0 Å². The largest absolute Gasteiger partial charge is 0.480 e. The number of carbonyl (C=O) groups is 3. The van der Waals surface area contributed by atoms with Crippen molar-refractivity contribution < 1.29 is 24.2 Å². The Kier molecular flexibility index (Phi) is 8.74. The van der Waals surface area contributed by atoms with Crippen molar-refractivity contribution in [2.75, 3.05) is 26.3 Å². The molecule has 2 amide bonds. The Hall–Kier alpha value is -1.63. The van der Waals surface area contributed by atoms with Crippen LogP contribution in [-0.2, 0) is 19.1 Å². The lowest BCUT2D eigenvalue weighted by Crippen LogP contribution is -2.57. The average molecular weight is 342 g/mol. The molecule has 7 heteroatoms. The van der Waals surface area contributed by atoms with E-state index in [9.17, 15) is 19.5 Å².